The Bertz CT molecular complexity index is 1370. The smallest absolute Gasteiger partial charge is 0.252 e. The summed E-state index contributed by atoms with van der Waals surface area (Å²) in [6.07, 6.45) is 0. The van der Waals surface area contributed by atoms with Crippen LogP contribution in [0.3, 0.4) is 0 Å². The molecule has 0 fully saturated rings. The lowest BCUT2D eigenvalue weighted by Gasteiger charge is -2.44. The first-order chi connectivity index (χ1) is 21.4. The molecule has 2 aliphatic rings. The molecule has 0 amide bonds. The van der Waals surface area contributed by atoms with Crippen molar-refractivity contribution < 1.29 is 0 Å². The van der Waals surface area contributed by atoms with E-state index in [4.69, 9.17) is 0 Å². The summed E-state index contributed by atoms with van der Waals surface area (Å²) in [5.74, 6) is 0. The van der Waals surface area contributed by atoms with Crippen molar-refractivity contribution in [2.24, 2.45) is 0 Å². The van der Waals surface area contributed by atoms with E-state index >= 15 is 0 Å². The van der Waals surface area contributed by atoms with Crippen LogP contribution in [-0.4, -0.2) is 6.71 Å². The van der Waals surface area contributed by atoms with Gasteiger partial charge in [-0.05, 0) is 64.9 Å². The van der Waals surface area contributed by atoms with Gasteiger partial charge in [0.1, 0.15) is 0 Å². The second kappa shape index (κ2) is 18.3. The van der Waals surface area contributed by atoms with Gasteiger partial charge >= 0.3 is 0 Å². The average Bonchev–Trinajstić information content (AvgIpc) is 3.13. The number of rotatable bonds is 2. The fourth-order valence-electron chi connectivity index (χ4n) is 5.55. The topological polar surface area (TPSA) is 6.48 Å². The zero-order valence-corrected chi connectivity index (χ0v) is 28.1. The Morgan fingerprint density at radius 2 is 0.628 bits per heavy atom. The van der Waals surface area contributed by atoms with Crippen molar-refractivity contribution in [3.05, 3.63) is 127 Å². The highest BCUT2D eigenvalue weighted by Gasteiger charge is 2.42. The van der Waals surface area contributed by atoms with Crippen molar-refractivity contribution in [3.63, 3.8) is 0 Å². The van der Waals surface area contributed by atoms with Gasteiger partial charge in [0.05, 0.1) is 0 Å². The van der Waals surface area contributed by atoms with E-state index in [2.05, 4.69) is 137 Å². The summed E-state index contributed by atoms with van der Waals surface area (Å²) in [6.45, 7) is 20.2. The highest BCUT2D eigenvalue weighted by Crippen LogP contribution is 2.43. The van der Waals surface area contributed by atoms with Gasteiger partial charge < -0.3 is 9.80 Å². The maximum atomic E-state index is 2.42. The Balaban J connectivity index is 0.000000590. The van der Waals surface area contributed by atoms with E-state index in [1.165, 1.54) is 50.5 Å². The van der Waals surface area contributed by atoms with Gasteiger partial charge in [-0.2, -0.15) is 0 Å². The Hall–Kier alpha value is -4.24. The molecule has 5 aromatic rings. The first-order valence-corrected chi connectivity index (χ1v) is 16.4. The molecular weight excluding hydrogens is 519 g/mol. The maximum Gasteiger partial charge on any atom is 0.252 e. The number of benzene rings is 5. The fraction of sp³-hybridized carbons (Fsp3) is 0.250. The molecule has 224 valence electrons. The molecular formula is C40H51BN2. The highest BCUT2D eigenvalue weighted by atomic mass is 15.2. The van der Waals surface area contributed by atoms with Crippen molar-refractivity contribution in [1.82, 2.24) is 0 Å². The lowest BCUT2D eigenvalue weighted by Crippen LogP contribution is -2.61. The molecule has 0 saturated carbocycles. The van der Waals surface area contributed by atoms with Crippen LogP contribution in [0.5, 0.6) is 0 Å². The molecule has 0 spiro atoms. The Morgan fingerprint density at radius 3 is 1.00 bits per heavy atom. The minimum absolute atomic E-state index is 0.198. The van der Waals surface area contributed by atoms with E-state index < -0.39 is 0 Å². The summed E-state index contributed by atoms with van der Waals surface area (Å²) in [6, 6.07) is 45.9. The molecule has 5 aromatic carbocycles. The molecule has 0 saturated heterocycles. The molecule has 0 bridgehead atoms. The monoisotopic (exact) mass is 570 g/mol. The molecule has 0 aromatic heterocycles. The Morgan fingerprint density at radius 1 is 0.326 bits per heavy atom. The highest BCUT2D eigenvalue weighted by molar-refractivity contribution is 7.00. The molecule has 2 heterocycles. The zero-order valence-electron chi connectivity index (χ0n) is 28.1. The van der Waals surface area contributed by atoms with Crippen LogP contribution in [0, 0.1) is 0 Å². The molecule has 0 aliphatic carbocycles. The van der Waals surface area contributed by atoms with Crippen LogP contribution in [0.1, 0.15) is 69.2 Å². The summed E-state index contributed by atoms with van der Waals surface area (Å²) in [4.78, 5) is 4.84. The van der Waals surface area contributed by atoms with Crippen LogP contribution in [0.2, 0.25) is 0 Å². The van der Waals surface area contributed by atoms with Gasteiger partial charge in [-0.25, -0.2) is 0 Å². The number of anilines is 6. The quantitative estimate of drug-likeness (QED) is 0.191. The van der Waals surface area contributed by atoms with Crippen LogP contribution < -0.4 is 26.2 Å². The molecule has 0 N–H and O–H groups in total. The Kier molecular flexibility index (Phi) is 14.9. The van der Waals surface area contributed by atoms with E-state index in [-0.39, 0.29) is 6.71 Å². The predicted octanol–water partition coefficient (Wildman–Crippen LogP) is 10.9. The van der Waals surface area contributed by atoms with Gasteiger partial charge in [0.15, 0.2) is 0 Å². The van der Waals surface area contributed by atoms with Crippen LogP contribution in [0.15, 0.2) is 127 Å². The lowest BCUT2D eigenvalue weighted by molar-refractivity contribution is 1.25. The molecule has 0 unspecified atom stereocenters. The fourth-order valence-corrected chi connectivity index (χ4v) is 5.55. The van der Waals surface area contributed by atoms with E-state index in [0.717, 1.165) is 0 Å². The van der Waals surface area contributed by atoms with Gasteiger partial charge in [-0.1, -0.05) is 148 Å². The first-order valence-electron chi connectivity index (χ1n) is 16.4. The molecule has 3 heteroatoms. The molecule has 0 atom stereocenters. The lowest BCUT2D eigenvalue weighted by atomic mass is 9.33. The van der Waals surface area contributed by atoms with Crippen LogP contribution in [-0.2, 0) is 0 Å². The number of para-hydroxylation sites is 4. The summed E-state index contributed by atoms with van der Waals surface area (Å²) in [5, 5.41) is 0. The van der Waals surface area contributed by atoms with E-state index in [0.29, 0.717) is 0 Å². The molecule has 0 radical (unpaired) electrons. The van der Waals surface area contributed by atoms with Gasteiger partial charge in [0.2, 0.25) is 0 Å². The molecule has 2 nitrogen and oxygen atoms in total. The van der Waals surface area contributed by atoms with Crippen LogP contribution >= 0.6 is 0 Å². The van der Waals surface area contributed by atoms with Crippen molar-refractivity contribution in [2.75, 3.05) is 9.80 Å². The van der Waals surface area contributed by atoms with Crippen molar-refractivity contribution >= 4 is 57.2 Å². The molecule has 7 rings (SSSR count). The second-order valence-electron chi connectivity index (χ2n) is 8.60. The van der Waals surface area contributed by atoms with Gasteiger partial charge in [-0.3, -0.25) is 0 Å². The van der Waals surface area contributed by atoms with Crippen LogP contribution in [0.25, 0.3) is 0 Å². The zero-order chi connectivity index (χ0) is 31.8. The minimum atomic E-state index is 0.198. The average molecular weight is 571 g/mol. The Labute approximate surface area is 263 Å². The van der Waals surface area contributed by atoms with Crippen LogP contribution in [0.4, 0.5) is 34.1 Å². The van der Waals surface area contributed by atoms with Crippen molar-refractivity contribution in [2.45, 2.75) is 69.2 Å². The third-order valence-electron chi connectivity index (χ3n) is 6.84. The standard InChI is InChI=1S/C30H21BN2.5C2H6/c1-3-12-22(13-4-1)32-26-18-9-7-16-24(26)31-25-17-8-10-19-27(25)33(23-14-5-2-6-15-23)29-21-11-20-28(32)30(29)31;5*1-2/h1-21H;5*1-2H3. The summed E-state index contributed by atoms with van der Waals surface area (Å²) >= 11 is 0. The summed E-state index contributed by atoms with van der Waals surface area (Å²) < 4.78 is 0. The molecule has 2 aliphatic heterocycles. The van der Waals surface area contributed by atoms with Gasteiger partial charge in [0, 0.05) is 34.1 Å². The number of hydrogen-bond acceptors (Lipinski definition) is 2. The largest absolute Gasteiger partial charge is 0.311 e. The number of fused-ring (bicyclic) bond motifs is 4. The van der Waals surface area contributed by atoms with E-state index in [9.17, 15) is 0 Å². The summed E-state index contributed by atoms with van der Waals surface area (Å²) in [5.41, 5.74) is 11.4. The second-order valence-corrected chi connectivity index (χ2v) is 8.60. The number of hydrogen-bond donors (Lipinski definition) is 0. The maximum absolute atomic E-state index is 2.42. The normalized spacial score (nSPS) is 10.9. The predicted molar refractivity (Wildman–Crippen MR) is 197 cm³/mol. The van der Waals surface area contributed by atoms with Gasteiger partial charge in [0.25, 0.3) is 6.71 Å². The number of nitrogens with zero attached hydrogens (tertiary/aromatic N) is 2. The SMILES string of the molecule is CC.CC.CC.CC.CC.c1ccc(N2c3ccccc3B3c4ccccc4N(c4ccccc4)c4cccc2c43)cc1. The molecule has 43 heavy (non-hydrogen) atoms. The summed E-state index contributed by atoms with van der Waals surface area (Å²) in [7, 11) is 0. The van der Waals surface area contributed by atoms with Crippen molar-refractivity contribution in [3.8, 4) is 0 Å². The van der Waals surface area contributed by atoms with E-state index in [1.807, 2.05) is 69.2 Å². The van der Waals surface area contributed by atoms with E-state index in [1.54, 1.807) is 0 Å². The third-order valence-corrected chi connectivity index (χ3v) is 6.84. The van der Waals surface area contributed by atoms with Crippen molar-refractivity contribution in [1.29, 1.82) is 0 Å². The van der Waals surface area contributed by atoms with Gasteiger partial charge in [-0.15, -0.1) is 0 Å². The minimum Gasteiger partial charge on any atom is -0.311 e. The first kappa shape index (κ1) is 35.0. The third kappa shape index (κ3) is 6.88.